The van der Waals surface area contributed by atoms with Crippen LogP contribution in [0, 0.1) is 0 Å². The van der Waals surface area contributed by atoms with E-state index < -0.39 is 11.8 Å². The second kappa shape index (κ2) is 9.61. The number of halogens is 1. The third-order valence-electron chi connectivity index (χ3n) is 2.99. The molecular weight excluding hydrogens is 362 g/mol. The number of carbonyl (C=O) groups excluding carboxylic acids is 3. The van der Waals surface area contributed by atoms with E-state index in [1.807, 2.05) is 17.5 Å². The van der Waals surface area contributed by atoms with E-state index in [4.69, 9.17) is 11.6 Å². The molecule has 0 atom stereocenters. The first-order chi connectivity index (χ1) is 12.0. The lowest BCUT2D eigenvalue weighted by Crippen LogP contribution is -2.40. The molecule has 0 aliphatic carbocycles. The summed E-state index contributed by atoms with van der Waals surface area (Å²) >= 11 is 7.43. The molecule has 6 nitrogen and oxygen atoms in total. The molecule has 0 saturated heterocycles. The van der Waals surface area contributed by atoms with E-state index >= 15 is 0 Å². The number of para-hydroxylation sites is 1. The summed E-state index contributed by atoms with van der Waals surface area (Å²) in [5.74, 6) is -1.26. The number of carbonyl (C=O) groups is 3. The molecule has 1 aromatic carbocycles. The van der Waals surface area contributed by atoms with Gasteiger partial charge in [0.15, 0.2) is 0 Å². The van der Waals surface area contributed by atoms with Crippen LogP contribution in [0.4, 0.5) is 5.69 Å². The smallest absolute Gasteiger partial charge is 0.262 e. The van der Waals surface area contributed by atoms with Gasteiger partial charge >= 0.3 is 0 Å². The van der Waals surface area contributed by atoms with Crippen LogP contribution >= 0.6 is 22.9 Å². The number of hydrogen-bond donors (Lipinski definition) is 3. The van der Waals surface area contributed by atoms with E-state index in [1.165, 1.54) is 17.4 Å². The van der Waals surface area contributed by atoms with Crippen LogP contribution in [-0.2, 0) is 14.4 Å². The maximum Gasteiger partial charge on any atom is 0.262 e. The summed E-state index contributed by atoms with van der Waals surface area (Å²) in [5.41, 5.74) is 4.99. The van der Waals surface area contributed by atoms with Gasteiger partial charge in [-0.25, -0.2) is 0 Å². The molecule has 1 heterocycles. The van der Waals surface area contributed by atoms with Gasteiger partial charge in [-0.1, -0.05) is 29.8 Å². The monoisotopic (exact) mass is 377 g/mol. The molecule has 0 aliphatic rings. The zero-order chi connectivity index (χ0) is 18.1. The van der Waals surface area contributed by atoms with Crippen molar-refractivity contribution >= 4 is 52.4 Å². The van der Waals surface area contributed by atoms with Crippen LogP contribution in [0.2, 0.25) is 5.02 Å². The molecule has 0 bridgehead atoms. The lowest BCUT2D eigenvalue weighted by molar-refractivity contribution is -0.128. The second-order valence-corrected chi connectivity index (χ2v) is 6.30. The minimum absolute atomic E-state index is 0.0298. The van der Waals surface area contributed by atoms with Crippen molar-refractivity contribution in [3.05, 3.63) is 57.8 Å². The van der Waals surface area contributed by atoms with Crippen LogP contribution in [0.1, 0.15) is 17.7 Å². The van der Waals surface area contributed by atoms with Crippen molar-refractivity contribution < 1.29 is 14.4 Å². The molecule has 1 aromatic heterocycles. The Labute approximate surface area is 153 Å². The Kier molecular flexibility index (Phi) is 7.18. The lowest BCUT2D eigenvalue weighted by atomic mass is 10.2. The molecule has 8 heteroatoms. The summed E-state index contributed by atoms with van der Waals surface area (Å²) in [5, 5.41) is 4.94. The standard InChI is InChI=1S/C17H16ClN3O3S/c18-13-5-1-2-6-14(13)19-15(22)9-10-17(24)21-20-16(23)8-7-12-4-3-11-25-12/h1-8,11H,9-10H2,(H,19,22)(H,20,23)(H,21,24)/b8-7+. The Morgan fingerprint density at radius 3 is 2.48 bits per heavy atom. The normalized spacial score (nSPS) is 10.4. The lowest BCUT2D eigenvalue weighted by Gasteiger charge is -2.07. The number of anilines is 1. The van der Waals surface area contributed by atoms with E-state index in [0.29, 0.717) is 10.7 Å². The third kappa shape index (κ3) is 6.78. The zero-order valence-electron chi connectivity index (χ0n) is 13.1. The Bertz CT molecular complexity index is 775. The van der Waals surface area contributed by atoms with Gasteiger partial charge in [0.25, 0.3) is 5.91 Å². The molecule has 0 aliphatic heterocycles. The Hall–Kier alpha value is -2.64. The summed E-state index contributed by atoms with van der Waals surface area (Å²) < 4.78 is 0. The average Bonchev–Trinajstić information content (AvgIpc) is 3.12. The van der Waals surface area contributed by atoms with Crippen LogP contribution in [0.3, 0.4) is 0 Å². The number of rotatable bonds is 6. The fourth-order valence-corrected chi connectivity index (χ4v) is 2.58. The summed E-state index contributed by atoms with van der Waals surface area (Å²) in [6, 6.07) is 10.6. The van der Waals surface area contributed by atoms with Crippen molar-refractivity contribution in [2.45, 2.75) is 12.8 Å². The summed E-state index contributed by atoms with van der Waals surface area (Å²) in [4.78, 5) is 35.9. The predicted octanol–water partition coefficient (Wildman–Crippen LogP) is 2.98. The van der Waals surface area contributed by atoms with Gasteiger partial charge in [-0.15, -0.1) is 11.3 Å². The first kappa shape index (κ1) is 18.7. The Morgan fingerprint density at radius 2 is 1.76 bits per heavy atom. The quantitative estimate of drug-likeness (QED) is 0.534. The summed E-state index contributed by atoms with van der Waals surface area (Å²) in [7, 11) is 0. The molecule has 2 aromatic rings. The van der Waals surface area contributed by atoms with Crippen LogP contribution in [-0.4, -0.2) is 17.7 Å². The van der Waals surface area contributed by atoms with E-state index in [2.05, 4.69) is 16.2 Å². The summed E-state index contributed by atoms with van der Waals surface area (Å²) in [6.07, 6.45) is 2.86. The van der Waals surface area contributed by atoms with Gasteiger partial charge in [0.05, 0.1) is 10.7 Å². The SMILES string of the molecule is O=C(/C=C/c1cccs1)NNC(=O)CCC(=O)Nc1ccccc1Cl. The highest BCUT2D eigenvalue weighted by atomic mass is 35.5. The largest absolute Gasteiger partial charge is 0.325 e. The summed E-state index contributed by atoms with van der Waals surface area (Å²) in [6.45, 7) is 0. The minimum Gasteiger partial charge on any atom is -0.325 e. The highest BCUT2D eigenvalue weighted by molar-refractivity contribution is 7.10. The molecular formula is C17H16ClN3O3S. The number of hydrogen-bond acceptors (Lipinski definition) is 4. The molecule has 25 heavy (non-hydrogen) atoms. The van der Waals surface area contributed by atoms with E-state index in [-0.39, 0.29) is 18.7 Å². The van der Waals surface area contributed by atoms with E-state index in [9.17, 15) is 14.4 Å². The van der Waals surface area contributed by atoms with Gasteiger partial charge in [-0.05, 0) is 29.7 Å². The zero-order valence-corrected chi connectivity index (χ0v) is 14.7. The van der Waals surface area contributed by atoms with Crippen molar-refractivity contribution in [3.8, 4) is 0 Å². The van der Waals surface area contributed by atoms with Crippen LogP contribution in [0.25, 0.3) is 6.08 Å². The highest BCUT2D eigenvalue weighted by Crippen LogP contribution is 2.20. The fraction of sp³-hybridized carbons (Fsp3) is 0.118. The molecule has 130 valence electrons. The number of nitrogens with one attached hydrogen (secondary N) is 3. The maximum absolute atomic E-state index is 11.8. The maximum atomic E-state index is 11.8. The molecule has 3 amide bonds. The van der Waals surface area contributed by atoms with Gasteiger partial charge in [-0.3, -0.25) is 25.2 Å². The van der Waals surface area contributed by atoms with Crippen molar-refractivity contribution in [1.82, 2.24) is 10.9 Å². The molecule has 3 N–H and O–H groups in total. The number of hydrazine groups is 1. The third-order valence-corrected chi connectivity index (χ3v) is 4.16. The predicted molar refractivity (Wildman–Crippen MR) is 99.0 cm³/mol. The molecule has 0 radical (unpaired) electrons. The highest BCUT2D eigenvalue weighted by Gasteiger charge is 2.09. The van der Waals surface area contributed by atoms with Gasteiger partial charge in [0, 0.05) is 23.8 Å². The first-order valence-electron chi connectivity index (χ1n) is 7.39. The Morgan fingerprint density at radius 1 is 1.00 bits per heavy atom. The van der Waals surface area contributed by atoms with E-state index in [0.717, 1.165) is 4.88 Å². The second-order valence-electron chi connectivity index (χ2n) is 4.91. The fourth-order valence-electron chi connectivity index (χ4n) is 1.78. The van der Waals surface area contributed by atoms with Gasteiger partial charge in [0.1, 0.15) is 0 Å². The Balaban J connectivity index is 1.67. The number of thiophene rings is 1. The molecule has 2 rings (SSSR count). The van der Waals surface area contributed by atoms with Crippen LogP contribution in [0.15, 0.2) is 47.9 Å². The van der Waals surface area contributed by atoms with Gasteiger partial charge in [-0.2, -0.15) is 0 Å². The average molecular weight is 378 g/mol. The molecule has 0 spiro atoms. The van der Waals surface area contributed by atoms with Gasteiger partial charge in [0.2, 0.25) is 11.8 Å². The number of amides is 3. The minimum atomic E-state index is -0.466. The molecule has 0 saturated carbocycles. The first-order valence-corrected chi connectivity index (χ1v) is 8.65. The number of benzene rings is 1. The van der Waals surface area contributed by atoms with Crippen molar-refractivity contribution in [2.24, 2.45) is 0 Å². The van der Waals surface area contributed by atoms with Crippen molar-refractivity contribution in [1.29, 1.82) is 0 Å². The van der Waals surface area contributed by atoms with Crippen molar-refractivity contribution in [3.63, 3.8) is 0 Å². The van der Waals surface area contributed by atoms with Crippen LogP contribution < -0.4 is 16.2 Å². The molecule has 0 fully saturated rings. The van der Waals surface area contributed by atoms with Crippen molar-refractivity contribution in [2.75, 3.05) is 5.32 Å². The topological polar surface area (TPSA) is 87.3 Å². The molecule has 0 unspecified atom stereocenters. The van der Waals surface area contributed by atoms with Gasteiger partial charge < -0.3 is 5.32 Å². The van der Waals surface area contributed by atoms with E-state index in [1.54, 1.807) is 30.3 Å². The van der Waals surface area contributed by atoms with Crippen LogP contribution in [0.5, 0.6) is 0 Å².